The van der Waals surface area contributed by atoms with Crippen molar-refractivity contribution in [3.8, 4) is 0 Å². The van der Waals surface area contributed by atoms with Crippen molar-refractivity contribution in [1.82, 2.24) is 29.9 Å². The van der Waals surface area contributed by atoms with Gasteiger partial charge in [-0.25, -0.2) is 4.98 Å². The summed E-state index contributed by atoms with van der Waals surface area (Å²) in [7, 11) is 1.73. The molecule has 34 heavy (non-hydrogen) atoms. The Kier molecular flexibility index (Phi) is 7.76. The largest absolute Gasteiger partial charge is 0.356 e. The molecule has 0 spiro atoms. The van der Waals surface area contributed by atoms with Gasteiger partial charge in [0.15, 0.2) is 0 Å². The van der Waals surface area contributed by atoms with Crippen LogP contribution in [-0.2, 0) is 16.6 Å². The van der Waals surface area contributed by atoms with Crippen molar-refractivity contribution >= 4 is 23.5 Å². The first-order valence-electron chi connectivity index (χ1n) is 12.0. The van der Waals surface area contributed by atoms with Crippen molar-refractivity contribution in [2.75, 3.05) is 50.7 Å². The molecule has 2 saturated heterocycles. The van der Waals surface area contributed by atoms with Gasteiger partial charge in [0.25, 0.3) is 5.91 Å². The molecule has 0 radical (unpaired) electrons. The molecule has 2 aromatic rings. The predicted molar refractivity (Wildman–Crippen MR) is 127 cm³/mol. The molecule has 2 fully saturated rings. The van der Waals surface area contributed by atoms with Gasteiger partial charge < -0.3 is 20.0 Å². The summed E-state index contributed by atoms with van der Waals surface area (Å²) in [6.45, 7) is 4.14. The number of aromatic nitrogens is 3. The zero-order valence-corrected chi connectivity index (χ0v) is 19.7. The summed E-state index contributed by atoms with van der Waals surface area (Å²) in [6, 6.07) is 7.54. The van der Waals surface area contributed by atoms with Crippen LogP contribution < -0.4 is 10.2 Å². The standard InChI is InChI=1S/C24H33N7O3/c1-28-20(8-12-27-28)24(34)30-13-4-5-19(7-11-26-22(32)9-14-30)23(33)31-17-15-29(16-18-31)21-6-2-3-10-25-21/h2-3,6,8,10,12,19H,4-5,7,9,11,13-18H2,1H3,(H,26,32). The van der Waals surface area contributed by atoms with Gasteiger partial charge in [-0.1, -0.05) is 6.07 Å². The van der Waals surface area contributed by atoms with Gasteiger partial charge in [-0.15, -0.1) is 0 Å². The van der Waals surface area contributed by atoms with Crippen LogP contribution in [0.4, 0.5) is 5.82 Å². The van der Waals surface area contributed by atoms with Gasteiger partial charge in [0.1, 0.15) is 11.5 Å². The molecule has 4 rings (SSSR count). The van der Waals surface area contributed by atoms with Crippen LogP contribution in [0.2, 0.25) is 0 Å². The van der Waals surface area contributed by atoms with Crippen molar-refractivity contribution in [1.29, 1.82) is 0 Å². The zero-order valence-electron chi connectivity index (χ0n) is 19.7. The van der Waals surface area contributed by atoms with Crippen LogP contribution in [0.1, 0.15) is 36.2 Å². The molecule has 1 unspecified atom stereocenters. The fourth-order valence-electron chi connectivity index (χ4n) is 4.65. The number of piperazine rings is 1. The van der Waals surface area contributed by atoms with E-state index in [1.54, 1.807) is 35.1 Å². The average molecular weight is 468 g/mol. The van der Waals surface area contributed by atoms with Crippen molar-refractivity contribution in [3.05, 3.63) is 42.4 Å². The van der Waals surface area contributed by atoms with Gasteiger partial charge in [-0.3, -0.25) is 19.1 Å². The zero-order chi connectivity index (χ0) is 23.9. The van der Waals surface area contributed by atoms with E-state index in [-0.39, 0.29) is 30.1 Å². The number of anilines is 1. The highest BCUT2D eigenvalue weighted by molar-refractivity contribution is 5.92. The van der Waals surface area contributed by atoms with Crippen LogP contribution in [0, 0.1) is 5.92 Å². The molecule has 3 amide bonds. The third-order valence-corrected chi connectivity index (χ3v) is 6.65. The number of hydrogen-bond donors (Lipinski definition) is 1. The number of rotatable bonds is 3. The summed E-state index contributed by atoms with van der Waals surface area (Å²) in [5.41, 5.74) is 0.494. The Morgan fingerprint density at radius 3 is 2.50 bits per heavy atom. The molecule has 0 saturated carbocycles. The number of hydrogen-bond acceptors (Lipinski definition) is 6. The van der Waals surface area contributed by atoms with E-state index in [4.69, 9.17) is 0 Å². The molecule has 10 nitrogen and oxygen atoms in total. The van der Waals surface area contributed by atoms with Gasteiger partial charge >= 0.3 is 0 Å². The average Bonchev–Trinajstić information content (AvgIpc) is 3.28. The number of nitrogens with zero attached hydrogens (tertiary/aromatic N) is 6. The van der Waals surface area contributed by atoms with Crippen LogP contribution in [0.15, 0.2) is 36.7 Å². The van der Waals surface area contributed by atoms with E-state index >= 15 is 0 Å². The molecule has 0 aliphatic carbocycles. The normalized spacial score (nSPS) is 20.4. The molecule has 2 aliphatic heterocycles. The fraction of sp³-hybridized carbons (Fsp3) is 0.542. The Labute approximate surface area is 199 Å². The second-order valence-electron chi connectivity index (χ2n) is 8.86. The molecule has 2 aromatic heterocycles. The first-order valence-corrected chi connectivity index (χ1v) is 12.0. The molecule has 0 aromatic carbocycles. The van der Waals surface area contributed by atoms with Gasteiger partial charge in [0, 0.05) is 77.6 Å². The quantitative estimate of drug-likeness (QED) is 0.720. The summed E-state index contributed by atoms with van der Waals surface area (Å²) in [4.78, 5) is 48.9. The van der Waals surface area contributed by atoms with Gasteiger partial charge in [-0.2, -0.15) is 5.10 Å². The maximum atomic E-state index is 13.4. The maximum absolute atomic E-state index is 13.4. The lowest BCUT2D eigenvalue weighted by Gasteiger charge is -2.37. The van der Waals surface area contributed by atoms with E-state index in [9.17, 15) is 14.4 Å². The topological polar surface area (TPSA) is 104 Å². The summed E-state index contributed by atoms with van der Waals surface area (Å²) in [5.74, 6) is 0.665. The van der Waals surface area contributed by atoms with Crippen molar-refractivity contribution < 1.29 is 14.4 Å². The third kappa shape index (κ3) is 5.73. The number of pyridine rings is 1. The predicted octanol–water partition coefficient (Wildman–Crippen LogP) is 0.913. The molecule has 1 N–H and O–H groups in total. The Morgan fingerprint density at radius 1 is 0.971 bits per heavy atom. The number of amides is 3. The second kappa shape index (κ2) is 11.1. The van der Waals surface area contributed by atoms with Gasteiger partial charge in [0.2, 0.25) is 11.8 Å². The van der Waals surface area contributed by atoms with Crippen LogP contribution in [0.5, 0.6) is 0 Å². The first kappa shape index (κ1) is 23.7. The minimum atomic E-state index is -0.173. The molecule has 1 atom stereocenters. The lowest BCUT2D eigenvalue weighted by molar-refractivity contribution is -0.136. The molecular weight excluding hydrogens is 434 g/mol. The maximum Gasteiger partial charge on any atom is 0.272 e. The molecule has 10 heteroatoms. The fourth-order valence-corrected chi connectivity index (χ4v) is 4.65. The number of carbonyl (C=O) groups excluding carboxylic acids is 3. The summed E-state index contributed by atoms with van der Waals surface area (Å²) < 4.78 is 1.55. The van der Waals surface area contributed by atoms with Crippen molar-refractivity contribution in [2.24, 2.45) is 13.0 Å². The minimum absolute atomic E-state index is 0.0973. The number of nitrogens with one attached hydrogen (secondary N) is 1. The van der Waals surface area contributed by atoms with E-state index < -0.39 is 0 Å². The Morgan fingerprint density at radius 2 is 1.79 bits per heavy atom. The van der Waals surface area contributed by atoms with E-state index in [0.717, 1.165) is 18.9 Å². The lowest BCUT2D eigenvalue weighted by Crippen LogP contribution is -2.51. The monoisotopic (exact) mass is 467 g/mol. The number of carbonyl (C=O) groups is 3. The molecule has 0 bridgehead atoms. The highest BCUT2D eigenvalue weighted by Gasteiger charge is 2.29. The van der Waals surface area contributed by atoms with E-state index in [2.05, 4.69) is 20.3 Å². The Hall–Kier alpha value is -3.43. The molecule has 2 aliphatic rings. The third-order valence-electron chi connectivity index (χ3n) is 6.65. The number of aryl methyl sites for hydroxylation is 1. The molecule has 182 valence electrons. The second-order valence-corrected chi connectivity index (χ2v) is 8.86. The van der Waals surface area contributed by atoms with Crippen molar-refractivity contribution in [2.45, 2.75) is 25.7 Å². The summed E-state index contributed by atoms with van der Waals surface area (Å²) in [6.07, 6.45) is 5.63. The minimum Gasteiger partial charge on any atom is -0.356 e. The van der Waals surface area contributed by atoms with Crippen molar-refractivity contribution in [3.63, 3.8) is 0 Å². The Balaban J connectivity index is 1.36. The summed E-state index contributed by atoms with van der Waals surface area (Å²) >= 11 is 0. The van der Waals surface area contributed by atoms with Gasteiger partial charge in [0.05, 0.1) is 0 Å². The molecular formula is C24H33N7O3. The lowest BCUT2D eigenvalue weighted by atomic mass is 9.97. The smallest absolute Gasteiger partial charge is 0.272 e. The first-order chi connectivity index (χ1) is 16.5. The SMILES string of the molecule is Cn1nccc1C(=O)N1CCCC(C(=O)N2CCN(c3ccccn3)CC2)CCNC(=O)CC1. The van der Waals surface area contributed by atoms with Crippen LogP contribution in [0.25, 0.3) is 0 Å². The highest BCUT2D eigenvalue weighted by atomic mass is 16.2. The van der Waals surface area contributed by atoms with Gasteiger partial charge in [-0.05, 0) is 37.5 Å². The molecule has 4 heterocycles. The van der Waals surface area contributed by atoms with Crippen LogP contribution in [0.3, 0.4) is 0 Å². The summed E-state index contributed by atoms with van der Waals surface area (Å²) in [5, 5.41) is 7.00. The van der Waals surface area contributed by atoms with E-state index in [1.165, 1.54) is 0 Å². The van der Waals surface area contributed by atoms with Crippen LogP contribution >= 0.6 is 0 Å². The Bertz CT molecular complexity index is 985. The highest BCUT2D eigenvalue weighted by Crippen LogP contribution is 2.20. The van der Waals surface area contributed by atoms with E-state index in [0.29, 0.717) is 57.7 Å². The van der Waals surface area contributed by atoms with E-state index in [1.807, 2.05) is 23.1 Å². The van der Waals surface area contributed by atoms with Crippen LogP contribution in [-0.4, -0.2) is 88.1 Å².